The Morgan fingerprint density at radius 1 is 0.293 bits per heavy atom. The van der Waals surface area contributed by atoms with Crippen LogP contribution in [0.2, 0.25) is 0 Å². The van der Waals surface area contributed by atoms with Crippen molar-refractivity contribution in [1.82, 2.24) is 4.57 Å². The number of nitrogens with zero attached hydrogens (tertiary/aromatic N) is 5. The monoisotopic (exact) mass is 1740 g/mol. The van der Waals surface area contributed by atoms with Gasteiger partial charge in [0.25, 0.3) is 0 Å². The summed E-state index contributed by atoms with van der Waals surface area (Å²) in [5.74, 6) is -1.23. The molecule has 5 heterocycles. The van der Waals surface area contributed by atoms with E-state index < -0.39 is 11.9 Å². The highest BCUT2D eigenvalue weighted by Gasteiger charge is 2.47. The molecule has 608 valence electrons. The van der Waals surface area contributed by atoms with Gasteiger partial charge in [-0.2, -0.15) is 0 Å². The number of halogens is 2. The highest BCUT2D eigenvalue weighted by atomic mass is 79.9. The minimum absolute atomic E-state index is 0.0125. The molecule has 0 aliphatic carbocycles. The van der Waals surface area contributed by atoms with Crippen molar-refractivity contribution in [2.45, 2.75) is 90.9 Å². The standard InChI is InChI=1S/C42H34N2.C24H22BrN.C22H18BrNO3.C22H19NO3/c1-41(2)32-16-9-11-20-38(32)44-39-24-22-28(26-35(39)42(3,4)34-18-12-17-33(41)40(34)44)27-21-23-37-31(25-27)30-15-8-10-19-36(30)43(37)29-13-6-5-7-14-29;1-23(2)16-8-5-6-11-20(16)26-21-13-12-15(25)14-19(21)24(3,4)18-10-7-9-17(23)22(18)26;1-15(25)19-9-6-10-20(22(26)27-2)21(19)24(17-7-4-3-5-8-17)18-13-11-16(23)12-14-18;1-16(24)19-14-9-15-20(22(25)26-2)21(19)23(17-10-5-3-6-11-17)18-12-7-4-8-13-18/h5-26H,1-4H3;5-14H,1-4H3;3-14H,1-2H3;3-15H,1-2H3. The number of aromatic nitrogens is 1. The van der Waals surface area contributed by atoms with E-state index >= 15 is 0 Å². The number of esters is 2. The number of benzene rings is 15. The van der Waals surface area contributed by atoms with Crippen molar-refractivity contribution in [3.8, 4) is 16.8 Å². The van der Waals surface area contributed by atoms with E-state index in [1.165, 1.54) is 145 Å². The fourth-order valence-electron chi connectivity index (χ4n) is 18.7. The van der Waals surface area contributed by atoms with Crippen molar-refractivity contribution >= 4 is 145 Å². The summed E-state index contributed by atoms with van der Waals surface area (Å²) in [7, 11) is 2.67. The highest BCUT2D eigenvalue weighted by molar-refractivity contribution is 9.10. The number of carbonyl (C=O) groups excluding carboxylic acids is 4. The van der Waals surface area contributed by atoms with E-state index in [9.17, 15) is 19.2 Å². The van der Waals surface area contributed by atoms with Gasteiger partial charge in [-0.3, -0.25) is 9.59 Å². The van der Waals surface area contributed by atoms with Crippen molar-refractivity contribution < 1.29 is 28.7 Å². The van der Waals surface area contributed by atoms with Crippen molar-refractivity contribution in [3.05, 3.63) is 421 Å². The van der Waals surface area contributed by atoms with E-state index in [0.29, 0.717) is 33.6 Å². The number of hydrogen-bond donors (Lipinski definition) is 0. The van der Waals surface area contributed by atoms with E-state index in [0.717, 1.165) is 31.7 Å². The maximum atomic E-state index is 12.5. The molecule has 20 rings (SSSR count). The van der Waals surface area contributed by atoms with Crippen LogP contribution in [0.3, 0.4) is 0 Å². The van der Waals surface area contributed by atoms with Crippen LogP contribution in [0.15, 0.2) is 355 Å². The van der Waals surface area contributed by atoms with Crippen LogP contribution in [0.5, 0.6) is 0 Å². The Hall–Kier alpha value is -13.5. The average Bonchev–Trinajstić information content (AvgIpc) is 1.12. The number of anilines is 12. The van der Waals surface area contributed by atoms with Gasteiger partial charge in [0, 0.05) is 80.9 Å². The Kier molecular flexibility index (Phi) is 21.9. The average molecular weight is 1740 g/mol. The maximum Gasteiger partial charge on any atom is 0.340 e. The number of carbonyl (C=O) groups is 4. The smallest absolute Gasteiger partial charge is 0.340 e. The van der Waals surface area contributed by atoms with E-state index in [1.54, 1.807) is 36.4 Å². The predicted molar refractivity (Wildman–Crippen MR) is 511 cm³/mol. The Labute approximate surface area is 736 Å². The van der Waals surface area contributed by atoms with Crippen LogP contribution >= 0.6 is 31.9 Å². The first-order valence-electron chi connectivity index (χ1n) is 41.4. The number of ketones is 2. The molecule has 0 N–H and O–H groups in total. The molecule has 4 aliphatic rings. The number of ether oxygens (including phenoxy) is 2. The fraction of sp³-hybridized carbons (Fsp3) is 0.145. The molecule has 1 aromatic heterocycles. The van der Waals surface area contributed by atoms with Gasteiger partial charge in [-0.1, -0.05) is 275 Å². The van der Waals surface area contributed by atoms with Crippen molar-refractivity contribution in [3.63, 3.8) is 0 Å². The predicted octanol–water partition coefficient (Wildman–Crippen LogP) is 29.5. The van der Waals surface area contributed by atoms with Crippen LogP contribution in [0, 0.1) is 0 Å². The summed E-state index contributed by atoms with van der Waals surface area (Å²) >= 11 is 7.13. The van der Waals surface area contributed by atoms with Crippen LogP contribution in [0.4, 0.5) is 68.2 Å². The summed E-state index contributed by atoms with van der Waals surface area (Å²) in [5, 5.41) is 2.56. The summed E-state index contributed by atoms with van der Waals surface area (Å²) in [6.45, 7) is 21.9. The van der Waals surface area contributed by atoms with Gasteiger partial charge in [0.2, 0.25) is 0 Å². The molecule has 0 atom stereocenters. The van der Waals surface area contributed by atoms with Gasteiger partial charge in [-0.15, -0.1) is 0 Å². The molecule has 0 saturated heterocycles. The van der Waals surface area contributed by atoms with Crippen LogP contribution in [-0.4, -0.2) is 42.3 Å². The van der Waals surface area contributed by atoms with Gasteiger partial charge in [0.1, 0.15) is 0 Å². The quantitative estimate of drug-likeness (QED) is 0.0867. The lowest BCUT2D eigenvalue weighted by atomic mass is 9.66. The molecule has 0 spiro atoms. The topological polar surface area (TPSA) is 105 Å². The Balaban J connectivity index is 0.000000120. The van der Waals surface area contributed by atoms with Crippen LogP contribution in [0.25, 0.3) is 38.6 Å². The summed E-state index contributed by atoms with van der Waals surface area (Å²) in [5.41, 5.74) is 30.8. The van der Waals surface area contributed by atoms with E-state index in [-0.39, 0.29) is 33.2 Å². The van der Waals surface area contributed by atoms with Crippen LogP contribution < -0.4 is 19.6 Å². The second kappa shape index (κ2) is 32.8. The summed E-state index contributed by atoms with van der Waals surface area (Å²) in [6, 6.07) is 119. The van der Waals surface area contributed by atoms with Gasteiger partial charge in [0.05, 0.1) is 81.9 Å². The number of Topliss-reactive ketones (excluding diaryl/α,β-unsaturated/α-hetero) is 2. The molecule has 0 radical (unpaired) electrons. The fourth-order valence-corrected chi connectivity index (χ4v) is 19.4. The van der Waals surface area contributed by atoms with Gasteiger partial charge in [-0.25, -0.2) is 9.59 Å². The molecule has 0 amide bonds. The third-order valence-electron chi connectivity index (χ3n) is 24.9. The third kappa shape index (κ3) is 14.4. The SMILES string of the molecule is CC1(C)c2ccccc2N2c3ccc(-c4ccc5c(c4)c4ccccc4n5-c4ccccc4)cc3C(C)(C)c3cccc1c32.CC1(C)c2ccccc2N2c3ccc(Br)cc3C(C)(C)c3cccc1c32.COC(=O)c1cccc(C(C)=O)c1N(c1ccccc1)c1ccc(Br)cc1.COC(=O)c1cccc(C(C)=O)c1N(c1ccccc1)c1ccccc1. The Bertz CT molecular complexity index is 6780. The van der Waals surface area contributed by atoms with Crippen LogP contribution in [0.1, 0.15) is 155 Å². The number of methoxy groups -OCH3 is 2. The molecule has 4 aliphatic heterocycles. The zero-order valence-electron chi connectivity index (χ0n) is 70.9. The molecule has 11 nitrogen and oxygen atoms in total. The van der Waals surface area contributed by atoms with Crippen LogP contribution in [-0.2, 0) is 31.1 Å². The van der Waals surface area contributed by atoms with Crippen molar-refractivity contribution in [2.24, 2.45) is 0 Å². The van der Waals surface area contributed by atoms with E-state index in [2.05, 4.69) is 296 Å². The summed E-state index contributed by atoms with van der Waals surface area (Å²) in [6.07, 6.45) is 0. The number of rotatable bonds is 12. The minimum Gasteiger partial charge on any atom is -0.465 e. The number of fused-ring (bicyclic) bond motifs is 11. The first-order chi connectivity index (χ1) is 59.3. The molecule has 0 unspecified atom stereocenters. The lowest BCUT2D eigenvalue weighted by Gasteiger charge is -2.49. The zero-order chi connectivity index (χ0) is 86.0. The molecule has 16 aromatic rings. The second-order valence-corrected chi connectivity index (χ2v) is 35.4. The molecule has 123 heavy (non-hydrogen) atoms. The van der Waals surface area contributed by atoms with Gasteiger partial charge in [-0.05, 0) is 227 Å². The third-order valence-corrected chi connectivity index (χ3v) is 25.9. The number of para-hydroxylation sites is 11. The molecule has 0 saturated carbocycles. The van der Waals surface area contributed by atoms with Gasteiger partial charge >= 0.3 is 11.9 Å². The molecule has 15 aromatic carbocycles. The lowest BCUT2D eigenvalue weighted by molar-refractivity contribution is 0.0592. The molecular weight excluding hydrogens is 1650 g/mol. The normalized spacial score (nSPS) is 13.8. The largest absolute Gasteiger partial charge is 0.465 e. The number of hydrogen-bond acceptors (Lipinski definition) is 10. The lowest BCUT2D eigenvalue weighted by Crippen LogP contribution is -2.38. The zero-order valence-corrected chi connectivity index (χ0v) is 74.0. The van der Waals surface area contributed by atoms with E-state index in [4.69, 9.17) is 9.47 Å². The first-order valence-corrected chi connectivity index (χ1v) is 43.0. The highest BCUT2D eigenvalue weighted by Crippen LogP contribution is 2.63. The van der Waals surface area contributed by atoms with Crippen molar-refractivity contribution in [1.29, 1.82) is 0 Å². The van der Waals surface area contributed by atoms with E-state index in [1.807, 2.05) is 125 Å². The maximum absolute atomic E-state index is 12.5. The minimum atomic E-state index is -0.494. The van der Waals surface area contributed by atoms with Gasteiger partial charge in [0.15, 0.2) is 11.6 Å². The second-order valence-electron chi connectivity index (χ2n) is 33.6. The molecule has 13 heteroatoms. The van der Waals surface area contributed by atoms with Crippen molar-refractivity contribution in [2.75, 3.05) is 33.8 Å². The Morgan fingerprint density at radius 2 is 0.626 bits per heavy atom. The summed E-state index contributed by atoms with van der Waals surface area (Å²) in [4.78, 5) is 58.4. The van der Waals surface area contributed by atoms with Gasteiger partial charge < -0.3 is 33.6 Å². The first kappa shape index (κ1) is 81.9. The Morgan fingerprint density at radius 3 is 1.08 bits per heavy atom. The molecular formula is C110H93Br2N5O6. The molecule has 0 bridgehead atoms. The summed E-state index contributed by atoms with van der Waals surface area (Å²) < 4.78 is 14.4. The molecule has 0 fully saturated rings.